The second-order valence-corrected chi connectivity index (χ2v) is 13.8. The number of thioether (sulfide) groups is 1. The molecular weight excluding hydrogens is 746 g/mol. The van der Waals surface area contributed by atoms with Gasteiger partial charge in [-0.15, -0.1) is 23.1 Å². The lowest BCUT2D eigenvalue weighted by molar-refractivity contribution is -0.684. The number of likely N-dealkylation sites (tertiary alicyclic amines) is 1. The summed E-state index contributed by atoms with van der Waals surface area (Å²) in [5.41, 5.74) is 4.11. The van der Waals surface area contributed by atoms with Gasteiger partial charge in [-0.05, 0) is 41.8 Å². The molecule has 2 aromatic heterocycles. The van der Waals surface area contributed by atoms with Gasteiger partial charge in [0.2, 0.25) is 12.5 Å². The number of hydrogen-bond acceptors (Lipinski definition) is 13. The van der Waals surface area contributed by atoms with Crippen LogP contribution in [-0.2, 0) is 43.2 Å². The zero-order chi connectivity index (χ0) is 38.2. The number of aromatic nitrogens is 2. The van der Waals surface area contributed by atoms with Crippen LogP contribution in [0.2, 0.25) is 0 Å². The smallest absolute Gasteiger partial charge is 0.418 e. The lowest BCUT2D eigenvalue weighted by Crippen LogP contribution is -2.71. The molecule has 53 heavy (non-hydrogen) atoms. The molecule has 0 radical (unpaired) electrons. The van der Waals surface area contributed by atoms with Crippen molar-refractivity contribution >= 4 is 69.2 Å². The Hall–Kier alpha value is -5.96. The van der Waals surface area contributed by atoms with Gasteiger partial charge in [0.25, 0.3) is 17.7 Å². The van der Waals surface area contributed by atoms with Crippen LogP contribution in [0.25, 0.3) is 0 Å². The lowest BCUT2D eigenvalue weighted by atomic mass is 10.0. The van der Waals surface area contributed by atoms with E-state index >= 15 is 0 Å². The van der Waals surface area contributed by atoms with Crippen LogP contribution in [0.5, 0.6) is 5.75 Å². The average Bonchev–Trinajstić information content (AvgIpc) is 3.68. The normalized spacial score (nSPS) is 19.7. The Bertz CT molecular complexity index is 2120. The van der Waals surface area contributed by atoms with Crippen LogP contribution < -0.4 is 26.0 Å². The Morgan fingerprint density at radius 1 is 1.19 bits per heavy atom. The predicted molar refractivity (Wildman–Crippen MR) is 178 cm³/mol. The Balaban J connectivity index is 1.07. The number of anilines is 2. The van der Waals surface area contributed by atoms with Gasteiger partial charge in [0.1, 0.15) is 22.9 Å². The molecule has 2 atom stereocenters. The van der Waals surface area contributed by atoms with Gasteiger partial charge in [-0.1, -0.05) is 5.16 Å². The number of nitrogens with two attached hydrogens (primary N) is 1. The Kier molecular flexibility index (Phi) is 10.1. The number of allylic oxidation sites excluding steroid dienone is 1. The van der Waals surface area contributed by atoms with Gasteiger partial charge < -0.3 is 41.5 Å². The third-order valence-corrected chi connectivity index (χ3v) is 10.3. The summed E-state index contributed by atoms with van der Waals surface area (Å²) in [6.45, 7) is 0.138. The average molecular weight is 773 g/mol. The summed E-state index contributed by atoms with van der Waals surface area (Å²) in [6.07, 6.45) is -0.0608. The number of rotatable bonds is 10. The third-order valence-electron chi connectivity index (χ3n) is 8.36. The van der Waals surface area contributed by atoms with E-state index in [4.69, 9.17) is 5.73 Å². The number of benzene rings is 1. The fourth-order valence-corrected chi connectivity index (χ4v) is 7.73. The molecule has 21 heteroatoms. The number of phenols is 1. The standard InChI is InChI=1S/C32H27F3N8O8S2/c33-32(34,35)19-10-18(44)1-2-20(19)37-22(45)12-41-6-3-15(4-7-41)11-42-8-5-16(27(42)47)9-17-13-52-29-24(28(48)43(29)25(17)30(49)50)39-26(46)23(40-51)21-14-53-31(36)38-21/h1-4,6-7,9-10,14,24,29H,5,8,11-13H2,(H6-,36,37,38,39,40,44,45,46,49,50,51)/t24-,29-/m1/s1. The van der Waals surface area contributed by atoms with E-state index in [0.29, 0.717) is 23.7 Å². The minimum atomic E-state index is -4.80. The highest BCUT2D eigenvalue weighted by molar-refractivity contribution is 8.00. The van der Waals surface area contributed by atoms with Gasteiger partial charge in [-0.3, -0.25) is 24.1 Å². The first-order valence-electron chi connectivity index (χ1n) is 15.5. The number of carboxylic acids is 1. The number of nitrogens with one attached hydrogen (secondary N) is 2. The van der Waals surface area contributed by atoms with E-state index in [2.05, 4.69) is 20.8 Å². The van der Waals surface area contributed by atoms with Crippen molar-refractivity contribution < 1.29 is 57.1 Å². The van der Waals surface area contributed by atoms with Crippen molar-refractivity contribution in [2.45, 2.75) is 37.1 Å². The van der Waals surface area contributed by atoms with Crippen LogP contribution in [0.4, 0.5) is 24.0 Å². The van der Waals surface area contributed by atoms with Gasteiger partial charge in [0, 0.05) is 41.9 Å². The summed E-state index contributed by atoms with van der Waals surface area (Å²) in [5.74, 6) is -4.96. The molecule has 5 heterocycles. The molecular formula is C32H27F3N8O8S2. The molecule has 276 valence electrons. The summed E-state index contributed by atoms with van der Waals surface area (Å²) in [4.78, 5) is 70.3. The number of phenolic OH excluding ortho intramolecular Hbond substituents is 1. The minimum Gasteiger partial charge on any atom is -0.543 e. The number of aliphatic carboxylic acids is 1. The molecule has 4 amide bonds. The number of fused-ring (bicyclic) bond motifs is 1. The van der Waals surface area contributed by atoms with E-state index in [0.717, 1.165) is 40.1 Å². The van der Waals surface area contributed by atoms with Crippen LogP contribution in [0.15, 0.2) is 76.2 Å². The highest BCUT2D eigenvalue weighted by Gasteiger charge is 2.53. The number of carbonyl (C=O) groups is 5. The van der Waals surface area contributed by atoms with E-state index in [1.165, 1.54) is 33.3 Å². The first-order valence-corrected chi connectivity index (χ1v) is 17.4. The number of thiazole rings is 1. The first-order chi connectivity index (χ1) is 25.1. The maximum absolute atomic E-state index is 13.3. The Labute approximate surface area is 305 Å². The van der Waals surface area contributed by atoms with Gasteiger partial charge in [0.15, 0.2) is 23.2 Å². The SMILES string of the molecule is Nc1nc(C(=NO)C(=O)N[C@@H]2C(=O)N3C(C(=O)[O-])=C(C=C4CCN(Cc5cc[n+](CC(=O)Nc6ccc(O)cc6C(F)(F)F)cc5)C4=O)CS[C@H]23)cs1. The maximum atomic E-state index is 13.3. The Morgan fingerprint density at radius 3 is 2.57 bits per heavy atom. The number of hydrogen-bond donors (Lipinski definition) is 5. The van der Waals surface area contributed by atoms with Crippen LogP contribution in [-0.4, -0.2) is 84.1 Å². The summed E-state index contributed by atoms with van der Waals surface area (Å²) < 4.78 is 41.4. The van der Waals surface area contributed by atoms with Crippen molar-refractivity contribution in [3.05, 3.63) is 87.8 Å². The molecule has 0 aliphatic carbocycles. The molecule has 16 nitrogen and oxygen atoms in total. The maximum Gasteiger partial charge on any atom is 0.418 e. The number of aromatic hydroxyl groups is 1. The molecule has 2 saturated heterocycles. The quantitative estimate of drug-likeness (QED) is 0.0358. The van der Waals surface area contributed by atoms with E-state index < -0.39 is 69.7 Å². The molecule has 6 rings (SSSR count). The lowest BCUT2D eigenvalue weighted by Gasteiger charge is -2.50. The molecule has 0 spiro atoms. The monoisotopic (exact) mass is 772 g/mol. The summed E-state index contributed by atoms with van der Waals surface area (Å²) in [7, 11) is 0. The van der Waals surface area contributed by atoms with Crippen molar-refractivity contribution in [3.63, 3.8) is 0 Å². The number of alkyl halides is 3. The first kappa shape index (κ1) is 36.8. The van der Waals surface area contributed by atoms with Crippen molar-refractivity contribution in [2.75, 3.05) is 23.3 Å². The number of halogens is 3. The summed E-state index contributed by atoms with van der Waals surface area (Å²) >= 11 is 2.16. The second kappa shape index (κ2) is 14.6. The molecule has 3 aliphatic rings. The number of carboxylic acid groups (broad SMARTS) is 1. The largest absolute Gasteiger partial charge is 0.543 e. The number of carbonyl (C=O) groups excluding carboxylic acids is 5. The van der Waals surface area contributed by atoms with Crippen LogP contribution in [0, 0.1) is 0 Å². The van der Waals surface area contributed by atoms with Crippen LogP contribution in [0.1, 0.15) is 23.2 Å². The van der Waals surface area contributed by atoms with E-state index in [9.17, 15) is 52.6 Å². The summed E-state index contributed by atoms with van der Waals surface area (Å²) in [5, 5.41) is 39.3. The second-order valence-electron chi connectivity index (χ2n) is 11.8. The molecule has 3 aromatic rings. The molecule has 6 N–H and O–H groups in total. The van der Waals surface area contributed by atoms with Gasteiger partial charge in [-0.2, -0.15) is 17.7 Å². The molecule has 0 saturated carbocycles. The topological polar surface area (TPSA) is 235 Å². The van der Waals surface area contributed by atoms with Crippen molar-refractivity contribution in [1.29, 1.82) is 0 Å². The van der Waals surface area contributed by atoms with E-state index in [1.54, 1.807) is 12.1 Å². The van der Waals surface area contributed by atoms with Crippen LogP contribution >= 0.6 is 23.1 Å². The number of nitrogen functional groups attached to an aromatic ring is 1. The fraction of sp³-hybridized carbons (Fsp3) is 0.250. The zero-order valence-electron chi connectivity index (χ0n) is 27.0. The van der Waals surface area contributed by atoms with E-state index in [1.807, 2.05) is 0 Å². The number of nitrogens with zero attached hydrogens (tertiary/aromatic N) is 5. The van der Waals surface area contributed by atoms with Crippen molar-refractivity contribution in [3.8, 4) is 5.75 Å². The predicted octanol–water partition coefficient (Wildman–Crippen LogP) is 0.317. The van der Waals surface area contributed by atoms with Crippen LogP contribution in [0.3, 0.4) is 0 Å². The summed E-state index contributed by atoms with van der Waals surface area (Å²) in [6, 6.07) is 4.61. The van der Waals surface area contributed by atoms with Gasteiger partial charge in [0.05, 0.1) is 22.9 Å². The van der Waals surface area contributed by atoms with Crippen molar-refractivity contribution in [1.82, 2.24) is 20.1 Å². The molecule has 2 fully saturated rings. The molecule has 0 bridgehead atoms. The number of β-lactam (4-membered cyclic amide) rings is 1. The van der Waals surface area contributed by atoms with Crippen molar-refractivity contribution in [2.24, 2.45) is 5.16 Å². The highest BCUT2D eigenvalue weighted by atomic mass is 32.2. The van der Waals surface area contributed by atoms with Gasteiger partial charge >= 0.3 is 6.18 Å². The minimum absolute atomic E-state index is 0.0105. The number of pyridine rings is 1. The molecule has 1 aromatic carbocycles. The molecule has 3 aliphatic heterocycles. The third kappa shape index (κ3) is 7.65. The highest BCUT2D eigenvalue weighted by Crippen LogP contribution is 2.41. The zero-order valence-corrected chi connectivity index (χ0v) is 28.6. The number of oxime groups is 1. The Morgan fingerprint density at radius 2 is 1.92 bits per heavy atom. The fourth-order valence-electron chi connectivity index (χ4n) is 5.87. The molecule has 0 unspecified atom stereocenters. The van der Waals surface area contributed by atoms with Gasteiger partial charge in [-0.25, -0.2) is 4.98 Å². The van der Waals surface area contributed by atoms with E-state index in [-0.39, 0.29) is 47.6 Å². The number of amides is 4.